The van der Waals surface area contributed by atoms with E-state index in [1.807, 2.05) is 0 Å². The fourth-order valence-electron chi connectivity index (χ4n) is 1.64. The number of hydrogen-bond donors (Lipinski definition) is 0. The van der Waals surface area contributed by atoms with E-state index in [9.17, 15) is 4.79 Å². The average Bonchev–Trinajstić information content (AvgIpc) is 2.74. The Balaban J connectivity index is 2.01. The molecule has 0 aliphatic carbocycles. The van der Waals surface area contributed by atoms with Crippen molar-refractivity contribution in [2.24, 2.45) is 0 Å². The van der Waals surface area contributed by atoms with Crippen molar-refractivity contribution >= 4 is 40.5 Å². The first-order valence-electron chi connectivity index (χ1n) is 5.55. The van der Waals surface area contributed by atoms with Crippen molar-refractivity contribution in [3.63, 3.8) is 0 Å². The molecule has 1 heterocycles. The zero-order valence-electron chi connectivity index (χ0n) is 10.2. The van der Waals surface area contributed by atoms with Crippen LogP contribution in [-0.2, 0) is 0 Å². The number of carbonyl (C=O) groups excluding carboxylic acids is 1. The molecular weight excluding hydrogens is 284 g/mol. The van der Waals surface area contributed by atoms with Gasteiger partial charge in [-0.1, -0.05) is 29.3 Å². The van der Waals surface area contributed by atoms with Crippen LogP contribution in [0.4, 0.5) is 0 Å². The molecule has 0 atom stereocenters. The minimum absolute atomic E-state index is 0.136. The molecular formula is C14H13ClOS2. The highest BCUT2D eigenvalue weighted by atomic mass is 35.5. The first-order chi connectivity index (χ1) is 8.56. The van der Waals surface area contributed by atoms with Crippen molar-refractivity contribution in [1.82, 2.24) is 0 Å². The van der Waals surface area contributed by atoms with E-state index in [4.69, 9.17) is 11.6 Å². The Kier molecular flexibility index (Phi) is 4.49. The summed E-state index contributed by atoms with van der Waals surface area (Å²) in [5.74, 6) is 0.595. The van der Waals surface area contributed by atoms with Crippen molar-refractivity contribution in [3.05, 3.63) is 50.7 Å². The second-order valence-electron chi connectivity index (χ2n) is 4.08. The highest BCUT2D eigenvalue weighted by Crippen LogP contribution is 2.27. The normalized spacial score (nSPS) is 10.6. The molecule has 0 amide bonds. The van der Waals surface area contributed by atoms with Gasteiger partial charge in [0, 0.05) is 4.90 Å². The Morgan fingerprint density at radius 3 is 2.67 bits per heavy atom. The van der Waals surface area contributed by atoms with Gasteiger partial charge in [0.05, 0.1) is 15.0 Å². The van der Waals surface area contributed by atoms with Crippen LogP contribution in [-0.4, -0.2) is 11.5 Å². The van der Waals surface area contributed by atoms with Gasteiger partial charge >= 0.3 is 0 Å². The molecule has 0 saturated carbocycles. The van der Waals surface area contributed by atoms with Gasteiger partial charge in [0.25, 0.3) is 0 Å². The predicted molar refractivity (Wildman–Crippen MR) is 80.3 cm³/mol. The number of hydrogen-bond acceptors (Lipinski definition) is 3. The molecule has 2 rings (SSSR count). The molecule has 0 fully saturated rings. The lowest BCUT2D eigenvalue weighted by atomic mass is 10.2. The van der Waals surface area contributed by atoms with E-state index in [0.29, 0.717) is 10.1 Å². The molecule has 0 bridgehead atoms. The number of thiophene rings is 1. The first-order valence-corrected chi connectivity index (χ1v) is 7.73. The fraction of sp³-hybridized carbons (Fsp3) is 0.214. The van der Waals surface area contributed by atoms with Gasteiger partial charge in [-0.3, -0.25) is 4.79 Å². The quantitative estimate of drug-likeness (QED) is 0.584. The van der Waals surface area contributed by atoms with Gasteiger partial charge in [0.1, 0.15) is 0 Å². The summed E-state index contributed by atoms with van der Waals surface area (Å²) in [7, 11) is 0. The minimum Gasteiger partial charge on any atom is -0.292 e. The maximum Gasteiger partial charge on any atom is 0.183 e. The Bertz CT molecular complexity index is 575. The van der Waals surface area contributed by atoms with Crippen LogP contribution in [0.5, 0.6) is 0 Å². The number of halogens is 1. The lowest BCUT2D eigenvalue weighted by Crippen LogP contribution is -1.99. The Hall–Kier alpha value is -0.770. The maximum absolute atomic E-state index is 11.9. The molecule has 4 heteroatoms. The molecule has 18 heavy (non-hydrogen) atoms. The Morgan fingerprint density at radius 2 is 2.06 bits per heavy atom. The summed E-state index contributed by atoms with van der Waals surface area (Å²) >= 11 is 8.75. The van der Waals surface area contributed by atoms with Gasteiger partial charge in [-0.15, -0.1) is 23.1 Å². The van der Waals surface area contributed by atoms with E-state index < -0.39 is 0 Å². The molecule has 0 unspecified atom stereocenters. The molecule has 0 N–H and O–H groups in total. The molecule has 1 aromatic carbocycles. The summed E-state index contributed by atoms with van der Waals surface area (Å²) in [6, 6.07) is 9.83. The van der Waals surface area contributed by atoms with Crippen LogP contribution in [0.1, 0.15) is 20.8 Å². The third-order valence-corrected chi connectivity index (χ3v) is 4.99. The van der Waals surface area contributed by atoms with Gasteiger partial charge in [-0.05, 0) is 37.6 Å². The van der Waals surface area contributed by atoms with Crippen molar-refractivity contribution in [3.8, 4) is 0 Å². The van der Waals surface area contributed by atoms with Crippen LogP contribution in [0.2, 0.25) is 4.34 Å². The molecule has 1 aromatic heterocycles. The third kappa shape index (κ3) is 3.37. The Morgan fingerprint density at radius 1 is 1.28 bits per heavy atom. The second-order valence-corrected chi connectivity index (χ2v) is 6.82. The molecule has 0 aliphatic heterocycles. The lowest BCUT2D eigenvalue weighted by molar-refractivity contribution is 0.102. The maximum atomic E-state index is 11.9. The summed E-state index contributed by atoms with van der Waals surface area (Å²) in [4.78, 5) is 13.8. The van der Waals surface area contributed by atoms with Crippen molar-refractivity contribution < 1.29 is 4.79 Å². The molecule has 94 valence electrons. The summed E-state index contributed by atoms with van der Waals surface area (Å²) in [5.41, 5.74) is 2.46. The van der Waals surface area contributed by atoms with Gasteiger partial charge in [0.2, 0.25) is 0 Å². The van der Waals surface area contributed by atoms with Gasteiger partial charge < -0.3 is 0 Å². The van der Waals surface area contributed by atoms with E-state index in [1.165, 1.54) is 22.5 Å². The zero-order chi connectivity index (χ0) is 13.1. The summed E-state index contributed by atoms with van der Waals surface area (Å²) in [5, 5.41) is 0. The predicted octanol–water partition coefficient (Wildman–Crippen LogP) is 4.99. The molecule has 0 saturated heterocycles. The van der Waals surface area contributed by atoms with E-state index in [1.54, 1.807) is 23.9 Å². The van der Waals surface area contributed by atoms with Crippen molar-refractivity contribution in [1.29, 1.82) is 0 Å². The molecule has 0 aliphatic rings. The van der Waals surface area contributed by atoms with Crippen LogP contribution >= 0.6 is 34.7 Å². The molecule has 0 radical (unpaired) electrons. The van der Waals surface area contributed by atoms with Crippen LogP contribution in [0.25, 0.3) is 0 Å². The van der Waals surface area contributed by atoms with Crippen LogP contribution in [0.3, 0.4) is 0 Å². The average molecular weight is 297 g/mol. The van der Waals surface area contributed by atoms with Crippen LogP contribution < -0.4 is 0 Å². The Labute approximate surface area is 120 Å². The van der Waals surface area contributed by atoms with Gasteiger partial charge in [0.15, 0.2) is 5.78 Å². The summed E-state index contributed by atoms with van der Waals surface area (Å²) in [6.45, 7) is 4.14. The SMILES string of the molecule is Cc1ccc(SCC(=O)c2ccc(Cl)s2)c(C)c1. The molecule has 1 nitrogen and oxygen atoms in total. The second kappa shape index (κ2) is 5.91. The van der Waals surface area contributed by atoms with Crippen molar-refractivity contribution in [2.45, 2.75) is 18.7 Å². The number of aryl methyl sites for hydroxylation is 2. The first kappa shape index (κ1) is 13.7. The van der Waals surface area contributed by atoms with E-state index in [0.717, 1.165) is 9.77 Å². The van der Waals surface area contributed by atoms with E-state index >= 15 is 0 Å². The van der Waals surface area contributed by atoms with Gasteiger partial charge in [-0.25, -0.2) is 0 Å². The molecule has 0 spiro atoms. The number of Topliss-reactive ketones (excluding diaryl/α,β-unsaturated/α-hetero) is 1. The summed E-state index contributed by atoms with van der Waals surface area (Å²) < 4.78 is 0.662. The third-order valence-electron chi connectivity index (χ3n) is 2.54. The van der Waals surface area contributed by atoms with Gasteiger partial charge in [-0.2, -0.15) is 0 Å². The number of thioether (sulfide) groups is 1. The lowest BCUT2D eigenvalue weighted by Gasteiger charge is -2.05. The molecule has 2 aromatic rings. The van der Waals surface area contributed by atoms with E-state index in [-0.39, 0.29) is 5.78 Å². The van der Waals surface area contributed by atoms with Crippen LogP contribution in [0, 0.1) is 13.8 Å². The summed E-state index contributed by atoms with van der Waals surface area (Å²) in [6.07, 6.45) is 0. The number of carbonyl (C=O) groups is 1. The van der Waals surface area contributed by atoms with E-state index in [2.05, 4.69) is 32.0 Å². The largest absolute Gasteiger partial charge is 0.292 e. The standard InChI is InChI=1S/C14H13ClOS2/c1-9-3-4-12(10(2)7-9)17-8-11(16)13-5-6-14(15)18-13/h3-7H,8H2,1-2H3. The highest BCUT2D eigenvalue weighted by Gasteiger charge is 2.10. The smallest absolute Gasteiger partial charge is 0.183 e. The minimum atomic E-state index is 0.136. The number of rotatable bonds is 4. The monoisotopic (exact) mass is 296 g/mol. The zero-order valence-corrected chi connectivity index (χ0v) is 12.6. The number of ketones is 1. The van der Waals surface area contributed by atoms with Crippen LogP contribution in [0.15, 0.2) is 35.2 Å². The highest BCUT2D eigenvalue weighted by molar-refractivity contribution is 8.00. The topological polar surface area (TPSA) is 17.1 Å². The number of benzene rings is 1. The fourth-order valence-corrected chi connectivity index (χ4v) is 3.60. The van der Waals surface area contributed by atoms with Crippen molar-refractivity contribution in [2.75, 3.05) is 5.75 Å².